The molecule has 7 heteroatoms. The van der Waals surface area contributed by atoms with Crippen LogP contribution in [0.1, 0.15) is 43.0 Å². The van der Waals surface area contributed by atoms with Gasteiger partial charge in [-0.1, -0.05) is 17.7 Å². The molecule has 0 aromatic carbocycles. The molecule has 0 radical (unpaired) electrons. The highest BCUT2D eigenvalue weighted by Gasteiger charge is 2.19. The first kappa shape index (κ1) is 18.4. The molecule has 2 N–H and O–H groups in total. The number of amides is 2. The Morgan fingerprint density at radius 2 is 2.12 bits per heavy atom. The third kappa shape index (κ3) is 5.05. The Balaban J connectivity index is 1.47. The van der Waals surface area contributed by atoms with E-state index in [9.17, 15) is 9.59 Å². The monoisotopic (exact) mass is 372 g/mol. The first-order chi connectivity index (χ1) is 12.7. The molecule has 3 rings (SSSR count). The summed E-state index contributed by atoms with van der Waals surface area (Å²) < 4.78 is 1.79. The number of carbonyl (C=O) groups excluding carboxylic acids is 2. The van der Waals surface area contributed by atoms with Crippen LogP contribution in [0.15, 0.2) is 47.6 Å². The molecule has 1 aliphatic carbocycles. The van der Waals surface area contributed by atoms with Gasteiger partial charge in [-0.05, 0) is 49.6 Å². The number of rotatable bonds is 7. The van der Waals surface area contributed by atoms with Crippen molar-refractivity contribution in [3.63, 3.8) is 0 Å². The van der Waals surface area contributed by atoms with Gasteiger partial charge < -0.3 is 10.6 Å². The smallest absolute Gasteiger partial charge is 0.309 e. The zero-order chi connectivity index (χ0) is 18.2. The fraction of sp³-hybridized carbons (Fsp3) is 0.421. The highest BCUT2D eigenvalue weighted by atomic mass is 32.1. The summed E-state index contributed by atoms with van der Waals surface area (Å²) in [7, 11) is 0. The van der Waals surface area contributed by atoms with Crippen molar-refractivity contribution in [2.24, 2.45) is 0 Å². The minimum absolute atomic E-state index is 0.117. The van der Waals surface area contributed by atoms with Crippen LogP contribution in [0.4, 0.5) is 0 Å². The summed E-state index contributed by atoms with van der Waals surface area (Å²) in [6, 6.07) is 5.69. The van der Waals surface area contributed by atoms with E-state index in [1.54, 1.807) is 22.2 Å². The van der Waals surface area contributed by atoms with Gasteiger partial charge in [0, 0.05) is 30.4 Å². The molecule has 0 saturated heterocycles. The quantitative estimate of drug-likeness (QED) is 0.579. The fourth-order valence-corrected chi connectivity index (χ4v) is 3.91. The van der Waals surface area contributed by atoms with Crippen LogP contribution in [-0.4, -0.2) is 34.7 Å². The van der Waals surface area contributed by atoms with E-state index in [1.807, 2.05) is 29.8 Å². The van der Waals surface area contributed by atoms with Gasteiger partial charge in [0.25, 0.3) is 0 Å². The molecule has 138 valence electrons. The van der Waals surface area contributed by atoms with Gasteiger partial charge in [-0.2, -0.15) is 5.10 Å². The lowest BCUT2D eigenvalue weighted by atomic mass is 9.97. The number of allylic oxidation sites excluding steroid dienone is 1. The van der Waals surface area contributed by atoms with Gasteiger partial charge in [-0.25, -0.2) is 0 Å². The lowest BCUT2D eigenvalue weighted by molar-refractivity contribution is -0.139. The molecular formula is C19H24N4O2S. The van der Waals surface area contributed by atoms with Crippen LogP contribution in [0, 0.1) is 0 Å². The molecule has 0 saturated carbocycles. The van der Waals surface area contributed by atoms with Gasteiger partial charge >= 0.3 is 11.8 Å². The predicted molar refractivity (Wildman–Crippen MR) is 102 cm³/mol. The van der Waals surface area contributed by atoms with Gasteiger partial charge in [0.15, 0.2) is 0 Å². The summed E-state index contributed by atoms with van der Waals surface area (Å²) in [4.78, 5) is 25.2. The van der Waals surface area contributed by atoms with Crippen molar-refractivity contribution in [2.75, 3.05) is 13.1 Å². The van der Waals surface area contributed by atoms with E-state index in [4.69, 9.17) is 0 Å². The van der Waals surface area contributed by atoms with Crippen LogP contribution >= 0.6 is 11.3 Å². The largest absolute Gasteiger partial charge is 0.348 e. The van der Waals surface area contributed by atoms with Crippen LogP contribution in [-0.2, 0) is 9.59 Å². The zero-order valence-corrected chi connectivity index (χ0v) is 15.5. The Bertz CT molecular complexity index is 703. The standard InChI is InChI=1S/C19H24N4O2S/c24-18(20-11-9-15-6-2-1-3-7-15)19(25)21-14-16(17-8-4-13-26-17)23-12-5-10-22-23/h4-6,8,10,12-13,16H,1-3,7,9,11,14H2,(H,20,24)(H,21,25). The normalized spacial score (nSPS) is 15.2. The highest BCUT2D eigenvalue weighted by Crippen LogP contribution is 2.22. The Kier molecular flexibility index (Phi) is 6.60. The molecule has 0 fully saturated rings. The number of hydrogen-bond donors (Lipinski definition) is 2. The number of carbonyl (C=O) groups is 2. The average molecular weight is 372 g/mol. The number of hydrogen-bond acceptors (Lipinski definition) is 4. The number of nitrogens with one attached hydrogen (secondary N) is 2. The molecule has 1 atom stereocenters. The van der Waals surface area contributed by atoms with Gasteiger partial charge in [-0.3, -0.25) is 14.3 Å². The first-order valence-corrected chi connectivity index (χ1v) is 9.88. The van der Waals surface area contributed by atoms with Crippen molar-refractivity contribution >= 4 is 23.2 Å². The summed E-state index contributed by atoms with van der Waals surface area (Å²) in [5.74, 6) is -1.18. The molecule has 2 heterocycles. The van der Waals surface area contributed by atoms with E-state index in [0.29, 0.717) is 13.1 Å². The molecule has 1 aliphatic rings. The molecule has 0 bridgehead atoms. The van der Waals surface area contributed by atoms with Crippen molar-refractivity contribution in [1.82, 2.24) is 20.4 Å². The lowest BCUT2D eigenvalue weighted by Gasteiger charge is -2.17. The second kappa shape index (κ2) is 9.33. The van der Waals surface area contributed by atoms with Crippen molar-refractivity contribution in [3.05, 3.63) is 52.5 Å². The Hall–Kier alpha value is -2.41. The SMILES string of the molecule is O=C(NCCC1=CCCCC1)C(=O)NCC(c1cccs1)n1cccn1. The molecule has 2 amide bonds. The van der Waals surface area contributed by atoms with E-state index < -0.39 is 11.8 Å². The van der Waals surface area contributed by atoms with Crippen LogP contribution < -0.4 is 10.6 Å². The van der Waals surface area contributed by atoms with Crippen LogP contribution in [0.25, 0.3) is 0 Å². The van der Waals surface area contributed by atoms with Crippen molar-refractivity contribution in [2.45, 2.75) is 38.1 Å². The molecule has 0 spiro atoms. The first-order valence-electron chi connectivity index (χ1n) is 9.00. The maximum absolute atomic E-state index is 12.1. The zero-order valence-electron chi connectivity index (χ0n) is 14.7. The van der Waals surface area contributed by atoms with E-state index in [2.05, 4.69) is 21.8 Å². The summed E-state index contributed by atoms with van der Waals surface area (Å²) in [5, 5.41) is 11.7. The molecule has 2 aromatic rings. The molecule has 2 aromatic heterocycles. The van der Waals surface area contributed by atoms with Crippen molar-refractivity contribution < 1.29 is 9.59 Å². The number of nitrogens with zero attached hydrogens (tertiary/aromatic N) is 2. The van der Waals surface area contributed by atoms with E-state index >= 15 is 0 Å². The van der Waals surface area contributed by atoms with Gasteiger partial charge in [-0.15, -0.1) is 11.3 Å². The fourth-order valence-electron chi connectivity index (χ4n) is 3.09. The minimum atomic E-state index is -0.601. The maximum Gasteiger partial charge on any atom is 0.309 e. The second-order valence-electron chi connectivity index (χ2n) is 6.34. The van der Waals surface area contributed by atoms with Crippen LogP contribution in [0.2, 0.25) is 0 Å². The maximum atomic E-state index is 12.1. The van der Waals surface area contributed by atoms with Crippen molar-refractivity contribution in [3.8, 4) is 0 Å². The van der Waals surface area contributed by atoms with E-state index in [-0.39, 0.29) is 6.04 Å². The van der Waals surface area contributed by atoms with Crippen LogP contribution in [0.3, 0.4) is 0 Å². The summed E-state index contributed by atoms with van der Waals surface area (Å²) in [6.07, 6.45) is 11.3. The van der Waals surface area contributed by atoms with Crippen molar-refractivity contribution in [1.29, 1.82) is 0 Å². The average Bonchev–Trinajstić information content (AvgIpc) is 3.37. The second-order valence-corrected chi connectivity index (χ2v) is 7.32. The molecule has 1 unspecified atom stereocenters. The van der Waals surface area contributed by atoms with Crippen LogP contribution in [0.5, 0.6) is 0 Å². The lowest BCUT2D eigenvalue weighted by Crippen LogP contribution is -2.42. The predicted octanol–water partition coefficient (Wildman–Crippen LogP) is 2.66. The van der Waals surface area contributed by atoms with Gasteiger partial charge in [0.1, 0.15) is 6.04 Å². The number of thiophene rings is 1. The van der Waals surface area contributed by atoms with Gasteiger partial charge in [0.2, 0.25) is 0 Å². The molecule has 6 nitrogen and oxygen atoms in total. The van der Waals surface area contributed by atoms with E-state index in [0.717, 1.165) is 24.1 Å². The topological polar surface area (TPSA) is 76.0 Å². The molecule has 0 aliphatic heterocycles. The molecular weight excluding hydrogens is 348 g/mol. The summed E-state index contributed by atoms with van der Waals surface area (Å²) in [6.45, 7) is 0.825. The van der Waals surface area contributed by atoms with E-state index in [1.165, 1.54) is 18.4 Å². The Morgan fingerprint density at radius 1 is 1.23 bits per heavy atom. The molecule has 26 heavy (non-hydrogen) atoms. The third-order valence-corrected chi connectivity index (χ3v) is 5.47. The Labute approximate surface area is 157 Å². The summed E-state index contributed by atoms with van der Waals surface area (Å²) in [5.41, 5.74) is 1.38. The highest BCUT2D eigenvalue weighted by molar-refractivity contribution is 7.10. The summed E-state index contributed by atoms with van der Waals surface area (Å²) >= 11 is 1.60. The Morgan fingerprint density at radius 3 is 2.81 bits per heavy atom. The number of aromatic nitrogens is 2. The minimum Gasteiger partial charge on any atom is -0.348 e. The third-order valence-electron chi connectivity index (χ3n) is 4.49. The van der Waals surface area contributed by atoms with Gasteiger partial charge in [0.05, 0.1) is 0 Å².